The van der Waals surface area contributed by atoms with E-state index in [0.29, 0.717) is 5.92 Å². The number of carbonyl (C=O) groups excluding carboxylic acids is 1. The molecule has 11 heavy (non-hydrogen) atoms. The Labute approximate surface area is 67.7 Å². The zero-order valence-electron chi connectivity index (χ0n) is 7.29. The highest BCUT2D eigenvalue weighted by atomic mass is 16.1. The second-order valence-corrected chi connectivity index (χ2v) is 2.82. The molecule has 3 N–H and O–H groups in total. The van der Waals surface area contributed by atoms with E-state index in [1.54, 1.807) is 6.08 Å². The first-order valence-electron chi connectivity index (χ1n) is 3.72. The molecule has 0 aromatic heterocycles. The van der Waals surface area contributed by atoms with Gasteiger partial charge in [-0.2, -0.15) is 0 Å². The maximum Gasteiger partial charge on any atom is 0.241 e. The van der Waals surface area contributed by atoms with Gasteiger partial charge in [0.15, 0.2) is 0 Å². The predicted molar refractivity (Wildman–Crippen MR) is 46.0 cm³/mol. The molecule has 0 bridgehead atoms. The summed E-state index contributed by atoms with van der Waals surface area (Å²) in [4.78, 5) is 10.3. The molecule has 3 nitrogen and oxygen atoms in total. The van der Waals surface area contributed by atoms with E-state index in [9.17, 15) is 4.79 Å². The second-order valence-electron chi connectivity index (χ2n) is 2.82. The Morgan fingerprint density at radius 1 is 1.55 bits per heavy atom. The fourth-order valence-electron chi connectivity index (χ4n) is 0.850. The van der Waals surface area contributed by atoms with Crippen LogP contribution in [0.25, 0.3) is 0 Å². The molecular formula is C8H16N2O. The first-order chi connectivity index (χ1) is 5.07. The van der Waals surface area contributed by atoms with E-state index in [4.69, 9.17) is 5.73 Å². The summed E-state index contributed by atoms with van der Waals surface area (Å²) >= 11 is 0. The maximum absolute atomic E-state index is 10.3. The average Bonchev–Trinajstić information content (AvgIpc) is 1.87. The van der Waals surface area contributed by atoms with Crippen LogP contribution in [0.2, 0.25) is 0 Å². The molecule has 0 aliphatic heterocycles. The summed E-state index contributed by atoms with van der Waals surface area (Å²) in [7, 11) is 1.86. The minimum Gasteiger partial charge on any atom is -0.366 e. The molecule has 0 rings (SSSR count). The molecule has 0 aromatic carbocycles. The summed E-state index contributed by atoms with van der Waals surface area (Å²) in [6.07, 6.45) is 3.17. The van der Waals surface area contributed by atoms with E-state index in [-0.39, 0.29) is 6.04 Å². The molecule has 64 valence electrons. The van der Waals surface area contributed by atoms with Gasteiger partial charge in [-0.15, -0.1) is 0 Å². The van der Waals surface area contributed by atoms with Gasteiger partial charge >= 0.3 is 0 Å². The van der Waals surface area contributed by atoms with Crippen molar-refractivity contribution < 1.29 is 4.79 Å². The molecule has 0 aromatic rings. The third kappa shape index (κ3) is 4.56. The van der Waals surface area contributed by atoms with Crippen molar-refractivity contribution in [2.24, 2.45) is 11.7 Å². The normalized spacial score (nSPS) is 14.2. The molecule has 0 heterocycles. The van der Waals surface area contributed by atoms with Gasteiger partial charge in [0.25, 0.3) is 0 Å². The molecule has 0 spiro atoms. The summed E-state index contributed by atoms with van der Waals surface area (Å²) in [5.74, 6) is 0.0708. The van der Waals surface area contributed by atoms with Crippen LogP contribution in [-0.4, -0.2) is 19.0 Å². The Hall–Kier alpha value is -0.830. The lowest BCUT2D eigenvalue weighted by Crippen LogP contribution is -2.28. The van der Waals surface area contributed by atoms with Crippen molar-refractivity contribution >= 4 is 5.91 Å². The maximum atomic E-state index is 10.3. The van der Waals surface area contributed by atoms with E-state index < -0.39 is 5.91 Å². The third-order valence-electron chi connectivity index (χ3n) is 1.52. The van der Waals surface area contributed by atoms with Gasteiger partial charge in [0, 0.05) is 12.1 Å². The SMILES string of the molecule is CNC(C=CC(N)=O)C(C)C. The van der Waals surface area contributed by atoms with Crippen molar-refractivity contribution in [3.8, 4) is 0 Å². The van der Waals surface area contributed by atoms with Crippen LogP contribution in [0.15, 0.2) is 12.2 Å². The number of likely N-dealkylation sites (N-methyl/N-ethyl adjacent to an activating group) is 1. The lowest BCUT2D eigenvalue weighted by atomic mass is 10.0. The van der Waals surface area contributed by atoms with Crippen LogP contribution in [-0.2, 0) is 4.79 Å². The molecule has 0 saturated carbocycles. The quantitative estimate of drug-likeness (QED) is 0.574. The van der Waals surface area contributed by atoms with Crippen molar-refractivity contribution in [2.75, 3.05) is 7.05 Å². The molecular weight excluding hydrogens is 140 g/mol. The Balaban J connectivity index is 3.97. The summed E-state index contributed by atoms with van der Waals surface area (Å²) in [6.45, 7) is 4.15. The number of rotatable bonds is 4. The van der Waals surface area contributed by atoms with Gasteiger partial charge in [0.05, 0.1) is 0 Å². The van der Waals surface area contributed by atoms with Gasteiger partial charge in [-0.05, 0) is 13.0 Å². The molecule has 1 unspecified atom stereocenters. The molecule has 1 atom stereocenters. The van der Waals surface area contributed by atoms with Crippen LogP contribution in [0.4, 0.5) is 0 Å². The largest absolute Gasteiger partial charge is 0.366 e. The number of amides is 1. The van der Waals surface area contributed by atoms with E-state index in [1.165, 1.54) is 6.08 Å². The number of nitrogens with two attached hydrogens (primary N) is 1. The Morgan fingerprint density at radius 2 is 2.09 bits per heavy atom. The average molecular weight is 156 g/mol. The van der Waals surface area contributed by atoms with Crippen LogP contribution >= 0.6 is 0 Å². The third-order valence-corrected chi connectivity index (χ3v) is 1.52. The molecule has 0 aliphatic carbocycles. The first-order valence-corrected chi connectivity index (χ1v) is 3.72. The molecule has 0 radical (unpaired) electrons. The lowest BCUT2D eigenvalue weighted by Gasteiger charge is -2.14. The Bertz CT molecular complexity index is 152. The van der Waals surface area contributed by atoms with Crippen molar-refractivity contribution in [1.29, 1.82) is 0 Å². The van der Waals surface area contributed by atoms with Crippen LogP contribution in [0, 0.1) is 5.92 Å². The minimum atomic E-state index is -0.397. The topological polar surface area (TPSA) is 55.1 Å². The fraction of sp³-hybridized carbons (Fsp3) is 0.625. The standard InChI is InChI=1S/C8H16N2O/c1-6(2)7(10-3)4-5-8(9)11/h4-7,10H,1-3H3,(H2,9,11). The van der Waals surface area contributed by atoms with E-state index in [2.05, 4.69) is 19.2 Å². The zero-order chi connectivity index (χ0) is 8.85. The summed E-state index contributed by atoms with van der Waals surface area (Å²) in [5, 5.41) is 3.06. The number of hydrogen-bond acceptors (Lipinski definition) is 2. The van der Waals surface area contributed by atoms with Gasteiger partial charge in [0.1, 0.15) is 0 Å². The van der Waals surface area contributed by atoms with E-state index >= 15 is 0 Å². The smallest absolute Gasteiger partial charge is 0.241 e. The molecule has 1 amide bonds. The number of nitrogens with one attached hydrogen (secondary N) is 1. The summed E-state index contributed by atoms with van der Waals surface area (Å²) < 4.78 is 0. The van der Waals surface area contributed by atoms with Crippen LogP contribution in [0.5, 0.6) is 0 Å². The van der Waals surface area contributed by atoms with Crippen molar-refractivity contribution in [3.63, 3.8) is 0 Å². The summed E-state index contributed by atoms with van der Waals surface area (Å²) in [6, 6.07) is 0.225. The second kappa shape index (κ2) is 4.91. The van der Waals surface area contributed by atoms with Crippen molar-refractivity contribution in [3.05, 3.63) is 12.2 Å². The number of carbonyl (C=O) groups is 1. The van der Waals surface area contributed by atoms with E-state index in [1.807, 2.05) is 7.05 Å². The van der Waals surface area contributed by atoms with Crippen molar-refractivity contribution in [1.82, 2.24) is 5.32 Å². The van der Waals surface area contributed by atoms with Gasteiger partial charge in [-0.1, -0.05) is 19.9 Å². The summed E-state index contributed by atoms with van der Waals surface area (Å²) in [5.41, 5.74) is 4.94. The van der Waals surface area contributed by atoms with Crippen LogP contribution in [0.3, 0.4) is 0 Å². The number of hydrogen-bond donors (Lipinski definition) is 2. The Morgan fingerprint density at radius 3 is 2.36 bits per heavy atom. The number of primary amides is 1. The predicted octanol–water partition coefficient (Wildman–Crippen LogP) is 0.272. The van der Waals surface area contributed by atoms with Gasteiger partial charge in [-0.25, -0.2) is 0 Å². The highest BCUT2D eigenvalue weighted by Gasteiger charge is 2.05. The highest BCUT2D eigenvalue weighted by molar-refractivity contribution is 5.85. The lowest BCUT2D eigenvalue weighted by molar-refractivity contribution is -0.113. The van der Waals surface area contributed by atoms with E-state index in [0.717, 1.165) is 0 Å². The minimum absolute atomic E-state index is 0.225. The Kier molecular flexibility index (Phi) is 4.54. The van der Waals surface area contributed by atoms with Crippen LogP contribution in [0.1, 0.15) is 13.8 Å². The van der Waals surface area contributed by atoms with Gasteiger partial charge in [-0.3, -0.25) is 4.79 Å². The molecule has 0 fully saturated rings. The van der Waals surface area contributed by atoms with Gasteiger partial charge in [0.2, 0.25) is 5.91 Å². The highest BCUT2D eigenvalue weighted by Crippen LogP contribution is 2.01. The molecule has 0 aliphatic rings. The first kappa shape index (κ1) is 10.2. The van der Waals surface area contributed by atoms with Crippen LogP contribution < -0.4 is 11.1 Å². The van der Waals surface area contributed by atoms with Gasteiger partial charge < -0.3 is 11.1 Å². The van der Waals surface area contributed by atoms with Crippen molar-refractivity contribution in [2.45, 2.75) is 19.9 Å². The fourth-order valence-corrected chi connectivity index (χ4v) is 0.850. The molecule has 3 heteroatoms. The molecule has 0 saturated heterocycles. The zero-order valence-corrected chi connectivity index (χ0v) is 7.29. The monoisotopic (exact) mass is 156 g/mol.